The molecule has 2 aromatic rings. The highest BCUT2D eigenvalue weighted by molar-refractivity contribution is 6.34. The zero-order valence-electron chi connectivity index (χ0n) is 9.96. The molecule has 1 heterocycles. The second kappa shape index (κ2) is 3.84. The predicted octanol–water partition coefficient (Wildman–Crippen LogP) is 1.65. The lowest BCUT2D eigenvalue weighted by atomic mass is 10.1. The number of amides is 2. The molecule has 2 amide bonds. The molecule has 0 aliphatic carbocycles. The minimum atomic E-state index is -0.377. The van der Waals surface area contributed by atoms with E-state index in [9.17, 15) is 9.59 Å². The van der Waals surface area contributed by atoms with E-state index in [4.69, 9.17) is 11.5 Å². The van der Waals surface area contributed by atoms with Crippen LogP contribution in [-0.2, 0) is 0 Å². The number of imide groups is 1. The lowest BCUT2D eigenvalue weighted by Gasteiger charge is -2.14. The molecule has 0 saturated heterocycles. The summed E-state index contributed by atoms with van der Waals surface area (Å²) < 4.78 is 0. The van der Waals surface area contributed by atoms with Gasteiger partial charge in [0.05, 0.1) is 16.8 Å². The van der Waals surface area contributed by atoms with Gasteiger partial charge in [-0.05, 0) is 36.4 Å². The molecule has 19 heavy (non-hydrogen) atoms. The number of nitrogen functional groups attached to an aromatic ring is 2. The van der Waals surface area contributed by atoms with E-state index in [0.717, 1.165) is 4.90 Å². The summed E-state index contributed by atoms with van der Waals surface area (Å²) in [7, 11) is 0. The quantitative estimate of drug-likeness (QED) is 0.597. The Morgan fingerprint density at radius 1 is 0.789 bits per heavy atom. The van der Waals surface area contributed by atoms with Gasteiger partial charge in [0.1, 0.15) is 0 Å². The molecule has 0 atom stereocenters. The second-order valence-electron chi connectivity index (χ2n) is 4.35. The van der Waals surface area contributed by atoms with Gasteiger partial charge in [0.2, 0.25) is 0 Å². The fourth-order valence-electron chi connectivity index (χ4n) is 2.16. The summed E-state index contributed by atoms with van der Waals surface area (Å²) >= 11 is 0. The van der Waals surface area contributed by atoms with E-state index in [1.165, 1.54) is 6.07 Å². The Morgan fingerprint density at radius 3 is 2.21 bits per heavy atom. The molecular formula is C14H11N3O2. The molecular weight excluding hydrogens is 242 g/mol. The smallest absolute Gasteiger partial charge is 0.266 e. The summed E-state index contributed by atoms with van der Waals surface area (Å²) in [5.41, 5.74) is 13.4. The largest absolute Gasteiger partial charge is 0.399 e. The van der Waals surface area contributed by atoms with Crippen LogP contribution in [0.25, 0.3) is 0 Å². The van der Waals surface area contributed by atoms with Crippen molar-refractivity contribution in [2.24, 2.45) is 0 Å². The van der Waals surface area contributed by atoms with Crippen molar-refractivity contribution in [2.45, 2.75) is 0 Å². The molecule has 1 aliphatic rings. The van der Waals surface area contributed by atoms with Gasteiger partial charge >= 0.3 is 0 Å². The first-order valence-corrected chi connectivity index (χ1v) is 5.72. The van der Waals surface area contributed by atoms with Gasteiger partial charge in [0, 0.05) is 11.4 Å². The molecule has 2 aromatic carbocycles. The van der Waals surface area contributed by atoms with Gasteiger partial charge in [-0.25, -0.2) is 4.90 Å². The lowest BCUT2D eigenvalue weighted by molar-refractivity contribution is 0.0926. The number of nitrogens with two attached hydrogens (primary N) is 2. The molecule has 1 aliphatic heterocycles. The Morgan fingerprint density at radius 2 is 1.47 bits per heavy atom. The predicted molar refractivity (Wildman–Crippen MR) is 72.8 cm³/mol. The topological polar surface area (TPSA) is 89.4 Å². The van der Waals surface area contributed by atoms with Gasteiger partial charge in [0.15, 0.2) is 0 Å². The monoisotopic (exact) mass is 253 g/mol. The van der Waals surface area contributed by atoms with E-state index in [0.29, 0.717) is 28.2 Å². The molecule has 0 radical (unpaired) electrons. The molecule has 5 heteroatoms. The molecule has 0 fully saturated rings. The molecule has 4 N–H and O–H groups in total. The minimum Gasteiger partial charge on any atom is -0.399 e. The van der Waals surface area contributed by atoms with Crippen molar-refractivity contribution in [3.05, 3.63) is 53.6 Å². The standard InChI is InChI=1S/C14H11N3O2/c15-8-2-1-3-10(6-8)17-13(18)11-5-4-9(16)7-12(11)14(17)19/h1-7H,15-16H2. The first kappa shape index (κ1) is 11.3. The first-order valence-electron chi connectivity index (χ1n) is 5.72. The number of benzene rings is 2. The Labute approximate surface area is 109 Å². The number of fused-ring (bicyclic) bond motifs is 1. The van der Waals surface area contributed by atoms with Gasteiger partial charge in [-0.15, -0.1) is 0 Å². The zero-order valence-corrected chi connectivity index (χ0v) is 9.96. The van der Waals surface area contributed by atoms with Gasteiger partial charge in [-0.2, -0.15) is 0 Å². The summed E-state index contributed by atoms with van der Waals surface area (Å²) in [4.78, 5) is 25.6. The van der Waals surface area contributed by atoms with Gasteiger partial charge in [-0.1, -0.05) is 6.07 Å². The Balaban J connectivity index is 2.13. The molecule has 3 rings (SSSR count). The molecule has 0 unspecified atom stereocenters. The van der Waals surface area contributed by atoms with Crippen molar-refractivity contribution in [1.29, 1.82) is 0 Å². The second-order valence-corrected chi connectivity index (χ2v) is 4.35. The van der Waals surface area contributed by atoms with Crippen LogP contribution in [0.4, 0.5) is 17.1 Å². The maximum atomic E-state index is 12.3. The van der Waals surface area contributed by atoms with Crippen molar-refractivity contribution in [1.82, 2.24) is 0 Å². The Hall–Kier alpha value is -2.82. The van der Waals surface area contributed by atoms with Crippen LogP contribution in [0, 0.1) is 0 Å². The van der Waals surface area contributed by atoms with E-state index in [1.54, 1.807) is 36.4 Å². The van der Waals surface area contributed by atoms with Crippen molar-refractivity contribution >= 4 is 28.9 Å². The van der Waals surface area contributed by atoms with Crippen LogP contribution in [-0.4, -0.2) is 11.8 Å². The number of hydrogen-bond donors (Lipinski definition) is 2. The first-order chi connectivity index (χ1) is 9.08. The normalized spacial score (nSPS) is 13.8. The van der Waals surface area contributed by atoms with Crippen molar-refractivity contribution in [2.75, 3.05) is 16.4 Å². The molecule has 5 nitrogen and oxygen atoms in total. The molecule has 0 saturated carbocycles. The number of carbonyl (C=O) groups is 2. The Bertz CT molecular complexity index is 710. The molecule has 0 spiro atoms. The van der Waals surface area contributed by atoms with E-state index in [-0.39, 0.29) is 11.8 Å². The number of hydrogen-bond acceptors (Lipinski definition) is 4. The summed E-state index contributed by atoms with van der Waals surface area (Å²) in [5.74, 6) is -0.733. The fourth-order valence-corrected chi connectivity index (χ4v) is 2.16. The third-order valence-corrected chi connectivity index (χ3v) is 3.04. The van der Waals surface area contributed by atoms with E-state index in [2.05, 4.69) is 0 Å². The summed E-state index contributed by atoms with van der Waals surface area (Å²) in [5, 5.41) is 0. The SMILES string of the molecule is Nc1cccc(N2C(=O)c3ccc(N)cc3C2=O)c1. The summed E-state index contributed by atoms with van der Waals surface area (Å²) in [6.07, 6.45) is 0. The number of nitrogens with zero attached hydrogens (tertiary/aromatic N) is 1. The Kier molecular flexibility index (Phi) is 2.28. The van der Waals surface area contributed by atoms with Crippen molar-refractivity contribution in [3.8, 4) is 0 Å². The average molecular weight is 253 g/mol. The highest BCUT2D eigenvalue weighted by Crippen LogP contribution is 2.30. The van der Waals surface area contributed by atoms with Crippen LogP contribution in [0.3, 0.4) is 0 Å². The minimum absolute atomic E-state index is 0.326. The van der Waals surface area contributed by atoms with Crippen molar-refractivity contribution in [3.63, 3.8) is 0 Å². The van der Waals surface area contributed by atoms with Crippen LogP contribution in [0.15, 0.2) is 42.5 Å². The van der Waals surface area contributed by atoms with E-state index < -0.39 is 0 Å². The van der Waals surface area contributed by atoms with Crippen LogP contribution in [0.1, 0.15) is 20.7 Å². The number of carbonyl (C=O) groups excluding carboxylic acids is 2. The van der Waals surface area contributed by atoms with E-state index >= 15 is 0 Å². The summed E-state index contributed by atoms with van der Waals surface area (Å²) in [6, 6.07) is 11.3. The highest BCUT2D eigenvalue weighted by Gasteiger charge is 2.36. The van der Waals surface area contributed by atoms with Crippen LogP contribution >= 0.6 is 0 Å². The zero-order chi connectivity index (χ0) is 13.6. The third-order valence-electron chi connectivity index (χ3n) is 3.04. The maximum absolute atomic E-state index is 12.3. The molecule has 94 valence electrons. The van der Waals surface area contributed by atoms with Gasteiger partial charge < -0.3 is 11.5 Å². The number of anilines is 3. The highest BCUT2D eigenvalue weighted by atomic mass is 16.2. The fraction of sp³-hybridized carbons (Fsp3) is 0. The number of rotatable bonds is 1. The third kappa shape index (κ3) is 1.63. The van der Waals surface area contributed by atoms with E-state index in [1.807, 2.05) is 0 Å². The van der Waals surface area contributed by atoms with Crippen LogP contribution in [0.5, 0.6) is 0 Å². The molecule has 0 bridgehead atoms. The lowest BCUT2D eigenvalue weighted by Crippen LogP contribution is -2.29. The van der Waals surface area contributed by atoms with Gasteiger partial charge in [0.25, 0.3) is 11.8 Å². The summed E-state index contributed by atoms with van der Waals surface area (Å²) in [6.45, 7) is 0. The average Bonchev–Trinajstić information content (AvgIpc) is 2.61. The maximum Gasteiger partial charge on any atom is 0.266 e. The van der Waals surface area contributed by atoms with Crippen LogP contribution in [0.2, 0.25) is 0 Å². The van der Waals surface area contributed by atoms with Crippen molar-refractivity contribution < 1.29 is 9.59 Å². The van der Waals surface area contributed by atoms with Gasteiger partial charge in [-0.3, -0.25) is 9.59 Å². The van der Waals surface area contributed by atoms with Crippen LogP contribution < -0.4 is 16.4 Å². The molecule has 0 aromatic heterocycles.